The summed E-state index contributed by atoms with van der Waals surface area (Å²) in [4.78, 5) is 14.9. The number of benzene rings is 2. The van der Waals surface area contributed by atoms with Gasteiger partial charge in [0.05, 0.1) is 0 Å². The van der Waals surface area contributed by atoms with Gasteiger partial charge >= 0.3 is 0 Å². The van der Waals surface area contributed by atoms with E-state index in [1.807, 2.05) is 59.5 Å². The fourth-order valence-corrected chi connectivity index (χ4v) is 3.35. The van der Waals surface area contributed by atoms with Crippen molar-refractivity contribution in [2.24, 2.45) is 0 Å². The van der Waals surface area contributed by atoms with Crippen LogP contribution in [0.1, 0.15) is 48.2 Å². The third-order valence-electron chi connectivity index (χ3n) is 4.28. The molecule has 0 spiro atoms. The number of carbonyl (C=O) groups is 1. The molecule has 1 heterocycles. The summed E-state index contributed by atoms with van der Waals surface area (Å²) in [5, 5.41) is 0. The molecule has 1 aliphatic heterocycles. The lowest BCUT2D eigenvalue weighted by Gasteiger charge is -2.39. The SMILES string of the molecule is CCCOC1(c2ccccc2)c2ccccc2C(=O)N1CCC. The van der Waals surface area contributed by atoms with Crippen LogP contribution in [0, 0.1) is 0 Å². The lowest BCUT2D eigenvalue weighted by molar-refractivity contribution is -0.107. The van der Waals surface area contributed by atoms with Gasteiger partial charge in [-0.25, -0.2) is 0 Å². The van der Waals surface area contributed by atoms with E-state index >= 15 is 0 Å². The molecule has 3 rings (SSSR count). The number of hydrogen-bond donors (Lipinski definition) is 0. The van der Waals surface area contributed by atoms with Gasteiger partial charge in [0, 0.05) is 29.8 Å². The van der Waals surface area contributed by atoms with Gasteiger partial charge < -0.3 is 9.64 Å². The molecule has 1 atom stereocenters. The van der Waals surface area contributed by atoms with E-state index in [1.54, 1.807) is 0 Å². The lowest BCUT2D eigenvalue weighted by atomic mass is 9.93. The Morgan fingerprint density at radius 3 is 2.35 bits per heavy atom. The van der Waals surface area contributed by atoms with Crippen LogP contribution in [0.25, 0.3) is 0 Å². The Labute approximate surface area is 137 Å². The van der Waals surface area contributed by atoms with E-state index in [4.69, 9.17) is 4.74 Å². The predicted octanol–water partition coefficient (Wildman–Crippen LogP) is 4.18. The maximum atomic E-state index is 13.0. The highest BCUT2D eigenvalue weighted by atomic mass is 16.5. The molecule has 120 valence electrons. The molecule has 3 nitrogen and oxygen atoms in total. The third kappa shape index (κ3) is 2.45. The standard InChI is InChI=1S/C20H23NO2/c1-3-14-21-19(22)17-12-8-9-13-18(17)20(21,23-15-4-2)16-10-6-5-7-11-16/h5-13H,3-4,14-15H2,1-2H3. The van der Waals surface area contributed by atoms with Crippen LogP contribution in [0.3, 0.4) is 0 Å². The van der Waals surface area contributed by atoms with E-state index in [1.165, 1.54) is 0 Å². The first-order chi connectivity index (χ1) is 11.3. The van der Waals surface area contributed by atoms with Crippen molar-refractivity contribution in [1.29, 1.82) is 0 Å². The minimum Gasteiger partial charge on any atom is -0.347 e. The van der Waals surface area contributed by atoms with Gasteiger partial charge in [0.1, 0.15) is 0 Å². The Hall–Kier alpha value is -2.13. The highest BCUT2D eigenvalue weighted by molar-refractivity contribution is 6.00. The molecule has 3 heteroatoms. The monoisotopic (exact) mass is 309 g/mol. The van der Waals surface area contributed by atoms with Gasteiger partial charge in [-0.2, -0.15) is 0 Å². The van der Waals surface area contributed by atoms with Gasteiger partial charge in [-0.05, 0) is 18.9 Å². The van der Waals surface area contributed by atoms with Crippen LogP contribution < -0.4 is 0 Å². The van der Waals surface area contributed by atoms with Crippen molar-refractivity contribution in [2.45, 2.75) is 32.4 Å². The summed E-state index contributed by atoms with van der Waals surface area (Å²) < 4.78 is 6.39. The minimum atomic E-state index is -0.805. The van der Waals surface area contributed by atoms with E-state index in [-0.39, 0.29) is 5.91 Å². The molecular formula is C20H23NO2. The fraction of sp³-hybridized carbons (Fsp3) is 0.350. The Morgan fingerprint density at radius 1 is 0.957 bits per heavy atom. The average Bonchev–Trinajstić information content (AvgIpc) is 2.84. The second-order valence-corrected chi connectivity index (χ2v) is 5.86. The summed E-state index contributed by atoms with van der Waals surface area (Å²) in [6.45, 7) is 5.46. The van der Waals surface area contributed by atoms with E-state index in [9.17, 15) is 4.79 Å². The van der Waals surface area contributed by atoms with E-state index < -0.39 is 5.72 Å². The molecule has 1 unspecified atom stereocenters. The maximum Gasteiger partial charge on any atom is 0.257 e. The van der Waals surface area contributed by atoms with Gasteiger partial charge in [0.15, 0.2) is 5.72 Å². The molecule has 2 aromatic rings. The van der Waals surface area contributed by atoms with Crippen LogP contribution in [0.5, 0.6) is 0 Å². The Balaban J connectivity index is 2.23. The van der Waals surface area contributed by atoms with Crippen molar-refractivity contribution in [3.05, 3.63) is 71.3 Å². The molecule has 0 aromatic heterocycles. The van der Waals surface area contributed by atoms with Crippen LogP contribution in [-0.2, 0) is 10.5 Å². The normalized spacial score (nSPS) is 19.9. The molecule has 0 saturated carbocycles. The number of rotatable bonds is 6. The van der Waals surface area contributed by atoms with Crippen molar-refractivity contribution in [3.8, 4) is 0 Å². The number of carbonyl (C=O) groups excluding carboxylic acids is 1. The second kappa shape index (κ2) is 6.55. The number of hydrogen-bond acceptors (Lipinski definition) is 2. The average molecular weight is 309 g/mol. The molecule has 0 N–H and O–H groups in total. The second-order valence-electron chi connectivity index (χ2n) is 5.86. The molecule has 0 saturated heterocycles. The predicted molar refractivity (Wildman–Crippen MR) is 91.2 cm³/mol. The van der Waals surface area contributed by atoms with Crippen LogP contribution in [-0.4, -0.2) is 24.0 Å². The quantitative estimate of drug-likeness (QED) is 0.801. The topological polar surface area (TPSA) is 29.5 Å². The molecule has 0 bridgehead atoms. The van der Waals surface area contributed by atoms with Gasteiger partial charge in [-0.3, -0.25) is 4.79 Å². The largest absolute Gasteiger partial charge is 0.347 e. The first-order valence-corrected chi connectivity index (χ1v) is 8.36. The van der Waals surface area contributed by atoms with E-state index in [2.05, 4.69) is 13.8 Å². The first-order valence-electron chi connectivity index (χ1n) is 8.36. The highest BCUT2D eigenvalue weighted by Gasteiger charge is 2.51. The molecule has 1 aliphatic rings. The zero-order chi connectivity index (χ0) is 16.3. The zero-order valence-corrected chi connectivity index (χ0v) is 13.8. The van der Waals surface area contributed by atoms with Gasteiger partial charge in [0.25, 0.3) is 5.91 Å². The third-order valence-corrected chi connectivity index (χ3v) is 4.28. The van der Waals surface area contributed by atoms with Crippen molar-refractivity contribution in [3.63, 3.8) is 0 Å². The fourth-order valence-electron chi connectivity index (χ4n) is 3.35. The molecule has 1 amide bonds. The molecule has 0 aliphatic carbocycles. The minimum absolute atomic E-state index is 0.0578. The molecule has 2 aromatic carbocycles. The number of ether oxygens (including phenoxy) is 1. The van der Waals surface area contributed by atoms with E-state index in [0.29, 0.717) is 13.2 Å². The van der Waals surface area contributed by atoms with Crippen molar-refractivity contribution in [1.82, 2.24) is 4.90 Å². The first kappa shape index (κ1) is 15.8. The zero-order valence-electron chi connectivity index (χ0n) is 13.8. The molecule has 23 heavy (non-hydrogen) atoms. The maximum absolute atomic E-state index is 13.0. The summed E-state index contributed by atoms with van der Waals surface area (Å²) in [6.07, 6.45) is 1.80. The lowest BCUT2D eigenvalue weighted by Crippen LogP contribution is -2.47. The van der Waals surface area contributed by atoms with E-state index in [0.717, 1.165) is 29.5 Å². The van der Waals surface area contributed by atoms with Crippen LogP contribution in [0.2, 0.25) is 0 Å². The summed E-state index contributed by atoms with van der Waals surface area (Å²) in [7, 11) is 0. The molecular weight excluding hydrogens is 286 g/mol. The van der Waals surface area contributed by atoms with Gasteiger partial charge in [-0.15, -0.1) is 0 Å². The van der Waals surface area contributed by atoms with Crippen LogP contribution in [0.15, 0.2) is 54.6 Å². The Morgan fingerprint density at radius 2 is 1.65 bits per heavy atom. The summed E-state index contributed by atoms with van der Waals surface area (Å²) in [5.41, 5.74) is 1.92. The van der Waals surface area contributed by atoms with Crippen LogP contribution >= 0.6 is 0 Å². The van der Waals surface area contributed by atoms with Crippen LogP contribution in [0.4, 0.5) is 0 Å². The van der Waals surface area contributed by atoms with Gasteiger partial charge in [0.2, 0.25) is 0 Å². The van der Waals surface area contributed by atoms with Crippen molar-refractivity contribution in [2.75, 3.05) is 13.2 Å². The summed E-state index contributed by atoms with van der Waals surface area (Å²) >= 11 is 0. The molecule has 0 fully saturated rings. The Kier molecular flexibility index (Phi) is 4.49. The molecule has 0 radical (unpaired) electrons. The van der Waals surface area contributed by atoms with Crippen molar-refractivity contribution >= 4 is 5.91 Å². The number of fused-ring (bicyclic) bond motifs is 1. The number of nitrogens with zero attached hydrogens (tertiary/aromatic N) is 1. The van der Waals surface area contributed by atoms with Crippen molar-refractivity contribution < 1.29 is 9.53 Å². The highest BCUT2D eigenvalue weighted by Crippen LogP contribution is 2.45. The smallest absolute Gasteiger partial charge is 0.257 e. The summed E-state index contributed by atoms with van der Waals surface area (Å²) in [6, 6.07) is 17.9. The Bertz CT molecular complexity index is 683. The number of amides is 1. The summed E-state index contributed by atoms with van der Waals surface area (Å²) in [5.74, 6) is 0.0578. The van der Waals surface area contributed by atoms with Gasteiger partial charge in [-0.1, -0.05) is 62.4 Å².